The van der Waals surface area contributed by atoms with Gasteiger partial charge in [0.1, 0.15) is 0 Å². The largest absolute Gasteiger partial charge is 0.214 e. The molecule has 18 heavy (non-hydrogen) atoms. The lowest BCUT2D eigenvalue weighted by Crippen LogP contribution is -2.52. The zero-order valence-corrected chi connectivity index (χ0v) is 12.7. The molecule has 5 heteroatoms. The predicted octanol–water partition coefficient (Wildman–Crippen LogP) is 2.85. The lowest BCUT2D eigenvalue weighted by molar-refractivity contribution is 0.0827. The van der Waals surface area contributed by atoms with Crippen LogP contribution in [0.1, 0.15) is 45.4 Å². The quantitative estimate of drug-likeness (QED) is 0.748. The van der Waals surface area contributed by atoms with Crippen molar-refractivity contribution >= 4 is 21.6 Å². The molecule has 1 saturated carbocycles. The van der Waals surface area contributed by atoms with E-state index in [1.54, 1.807) is 0 Å². The summed E-state index contributed by atoms with van der Waals surface area (Å²) in [5.41, 5.74) is 0. The Hall–Kier alpha value is 0.200. The zero-order valence-electron chi connectivity index (χ0n) is 11.1. The second-order valence-corrected chi connectivity index (χ2v) is 8.17. The summed E-state index contributed by atoms with van der Waals surface area (Å²) in [4.78, 5) is 0. The normalized spacial score (nSPS) is 34.2. The van der Waals surface area contributed by atoms with E-state index in [-0.39, 0.29) is 11.8 Å². The average molecular weight is 294 g/mol. The van der Waals surface area contributed by atoms with Gasteiger partial charge in [-0.2, -0.15) is 4.31 Å². The van der Waals surface area contributed by atoms with Gasteiger partial charge in [-0.3, -0.25) is 0 Å². The van der Waals surface area contributed by atoms with Gasteiger partial charge in [0, 0.05) is 18.5 Å². The second kappa shape index (κ2) is 6.10. The van der Waals surface area contributed by atoms with E-state index in [0.717, 1.165) is 12.8 Å². The van der Waals surface area contributed by atoms with E-state index >= 15 is 0 Å². The molecule has 0 radical (unpaired) electrons. The van der Waals surface area contributed by atoms with E-state index < -0.39 is 10.0 Å². The molecule has 0 spiro atoms. The summed E-state index contributed by atoms with van der Waals surface area (Å²) in [5.74, 6) is 1.90. The van der Waals surface area contributed by atoms with Gasteiger partial charge in [0.15, 0.2) is 0 Å². The number of piperidine rings is 1. The van der Waals surface area contributed by atoms with Gasteiger partial charge in [0.05, 0.1) is 5.75 Å². The molecule has 1 aliphatic carbocycles. The van der Waals surface area contributed by atoms with Crippen LogP contribution in [0.2, 0.25) is 0 Å². The van der Waals surface area contributed by atoms with Gasteiger partial charge in [-0.25, -0.2) is 8.42 Å². The average Bonchev–Trinajstić information content (AvgIpc) is 2.37. The molecule has 1 heterocycles. The molecule has 2 fully saturated rings. The van der Waals surface area contributed by atoms with E-state index in [0.29, 0.717) is 30.7 Å². The lowest BCUT2D eigenvalue weighted by atomic mass is 9.74. The Kier molecular flexibility index (Phi) is 4.95. The number of hydrogen-bond acceptors (Lipinski definition) is 2. The number of sulfonamides is 1. The van der Waals surface area contributed by atoms with Crippen LogP contribution in [-0.4, -0.2) is 36.9 Å². The van der Waals surface area contributed by atoms with E-state index in [9.17, 15) is 8.42 Å². The number of fused-ring (bicyclic) bond motifs is 1. The molecule has 1 aliphatic heterocycles. The topological polar surface area (TPSA) is 37.4 Å². The van der Waals surface area contributed by atoms with Gasteiger partial charge >= 0.3 is 0 Å². The lowest BCUT2D eigenvalue weighted by Gasteiger charge is -2.46. The summed E-state index contributed by atoms with van der Waals surface area (Å²) >= 11 is 5.62. The Morgan fingerprint density at radius 1 is 1.22 bits per heavy atom. The highest BCUT2D eigenvalue weighted by Crippen LogP contribution is 2.39. The molecule has 0 aromatic rings. The Labute approximate surface area is 116 Å². The summed E-state index contributed by atoms with van der Waals surface area (Å²) in [5, 5.41) is 0. The van der Waals surface area contributed by atoms with Gasteiger partial charge < -0.3 is 0 Å². The first kappa shape index (κ1) is 14.6. The molecule has 0 N–H and O–H groups in total. The van der Waals surface area contributed by atoms with E-state index in [4.69, 9.17) is 11.6 Å². The molecule has 2 aliphatic rings. The summed E-state index contributed by atoms with van der Waals surface area (Å²) in [6.45, 7) is 3.00. The Morgan fingerprint density at radius 3 is 2.67 bits per heavy atom. The van der Waals surface area contributed by atoms with Gasteiger partial charge in [-0.1, -0.05) is 19.8 Å². The number of hydrogen-bond donors (Lipinski definition) is 0. The summed E-state index contributed by atoms with van der Waals surface area (Å²) in [6.07, 6.45) is 6.27. The highest BCUT2D eigenvalue weighted by Gasteiger charge is 2.41. The fourth-order valence-corrected chi connectivity index (χ4v) is 5.67. The van der Waals surface area contributed by atoms with Crippen molar-refractivity contribution in [3.8, 4) is 0 Å². The standard InChI is InChI=1S/C13H24ClNO2S/c1-11-7-9-15(18(16,17)10-4-8-14)13-6-3-2-5-12(11)13/h11-13H,2-10H2,1H3. The van der Waals surface area contributed by atoms with Gasteiger partial charge in [-0.05, 0) is 37.5 Å². The molecule has 0 aromatic carbocycles. The molecule has 2 rings (SSSR count). The van der Waals surface area contributed by atoms with Crippen LogP contribution in [0.3, 0.4) is 0 Å². The predicted molar refractivity (Wildman–Crippen MR) is 75.4 cm³/mol. The molecule has 0 amide bonds. The van der Waals surface area contributed by atoms with E-state index in [2.05, 4.69) is 6.92 Å². The van der Waals surface area contributed by atoms with Crippen LogP contribution in [0.25, 0.3) is 0 Å². The number of alkyl halides is 1. The second-order valence-electron chi connectivity index (χ2n) is 5.75. The van der Waals surface area contributed by atoms with Gasteiger partial charge in [0.2, 0.25) is 10.0 Å². The number of rotatable bonds is 4. The van der Waals surface area contributed by atoms with E-state index in [1.165, 1.54) is 19.3 Å². The van der Waals surface area contributed by atoms with Gasteiger partial charge in [0.25, 0.3) is 0 Å². The summed E-state index contributed by atoms with van der Waals surface area (Å²) in [7, 11) is -3.09. The molecule has 1 saturated heterocycles. The highest BCUT2D eigenvalue weighted by atomic mass is 35.5. The molecular weight excluding hydrogens is 270 g/mol. The van der Waals surface area contributed by atoms with Crippen LogP contribution < -0.4 is 0 Å². The molecule has 0 aromatic heterocycles. The van der Waals surface area contributed by atoms with Crippen LogP contribution in [0.5, 0.6) is 0 Å². The van der Waals surface area contributed by atoms with Crippen molar-refractivity contribution in [2.24, 2.45) is 11.8 Å². The molecule has 3 unspecified atom stereocenters. The Morgan fingerprint density at radius 2 is 1.94 bits per heavy atom. The maximum absolute atomic E-state index is 12.4. The summed E-state index contributed by atoms with van der Waals surface area (Å²) < 4.78 is 26.6. The van der Waals surface area contributed by atoms with Crippen molar-refractivity contribution in [3.63, 3.8) is 0 Å². The third-order valence-corrected chi connectivity index (χ3v) is 6.82. The van der Waals surface area contributed by atoms with Crippen molar-refractivity contribution in [2.75, 3.05) is 18.2 Å². The maximum Gasteiger partial charge on any atom is 0.214 e. The molecular formula is C13H24ClNO2S. The van der Waals surface area contributed by atoms with Crippen LogP contribution in [0.4, 0.5) is 0 Å². The fraction of sp³-hybridized carbons (Fsp3) is 1.00. The van der Waals surface area contributed by atoms with Crippen molar-refractivity contribution in [2.45, 2.75) is 51.5 Å². The number of nitrogens with zero attached hydrogens (tertiary/aromatic N) is 1. The third-order valence-electron chi connectivity index (χ3n) is 4.58. The maximum atomic E-state index is 12.4. The minimum Gasteiger partial charge on any atom is -0.212 e. The molecule has 0 bridgehead atoms. The fourth-order valence-electron chi connectivity index (χ4n) is 3.57. The van der Waals surface area contributed by atoms with Crippen molar-refractivity contribution in [1.29, 1.82) is 0 Å². The first-order chi connectivity index (χ1) is 8.56. The first-order valence-corrected chi connectivity index (χ1v) is 9.26. The summed E-state index contributed by atoms with van der Waals surface area (Å²) in [6, 6.07) is 0.267. The molecule has 106 valence electrons. The van der Waals surface area contributed by atoms with Crippen molar-refractivity contribution in [3.05, 3.63) is 0 Å². The monoisotopic (exact) mass is 293 g/mol. The minimum absolute atomic E-state index is 0.216. The number of halogens is 1. The smallest absolute Gasteiger partial charge is 0.212 e. The Bertz CT molecular complexity index is 371. The van der Waals surface area contributed by atoms with Crippen molar-refractivity contribution in [1.82, 2.24) is 4.31 Å². The minimum atomic E-state index is -3.09. The van der Waals surface area contributed by atoms with Gasteiger partial charge in [-0.15, -0.1) is 11.6 Å². The van der Waals surface area contributed by atoms with Crippen LogP contribution in [0, 0.1) is 11.8 Å². The third kappa shape index (κ3) is 3.02. The Balaban J connectivity index is 2.12. The van der Waals surface area contributed by atoms with Crippen LogP contribution in [-0.2, 0) is 10.0 Å². The molecule has 3 atom stereocenters. The highest BCUT2D eigenvalue weighted by molar-refractivity contribution is 7.89. The van der Waals surface area contributed by atoms with E-state index in [1.807, 2.05) is 4.31 Å². The first-order valence-electron chi connectivity index (χ1n) is 7.12. The van der Waals surface area contributed by atoms with Crippen LogP contribution in [0.15, 0.2) is 0 Å². The molecule has 3 nitrogen and oxygen atoms in total. The van der Waals surface area contributed by atoms with Crippen LogP contribution >= 0.6 is 11.6 Å². The SMILES string of the molecule is CC1CCN(S(=O)(=O)CCCCl)C2CCCCC12. The van der Waals surface area contributed by atoms with Crippen molar-refractivity contribution < 1.29 is 8.42 Å². The zero-order chi connectivity index (χ0) is 13.2.